The van der Waals surface area contributed by atoms with E-state index in [1.54, 1.807) is 0 Å². The molecule has 104 valence electrons. The topological polar surface area (TPSA) is 44.7 Å². The molecule has 2 aliphatic heterocycles. The van der Waals surface area contributed by atoms with E-state index in [0.29, 0.717) is 17.5 Å². The van der Waals surface area contributed by atoms with E-state index in [1.807, 2.05) is 53.4 Å². The first-order valence-corrected chi connectivity index (χ1v) is 7.10. The van der Waals surface area contributed by atoms with Crippen molar-refractivity contribution in [3.8, 4) is 0 Å². The van der Waals surface area contributed by atoms with Crippen molar-refractivity contribution in [2.45, 2.75) is 12.6 Å². The van der Waals surface area contributed by atoms with Crippen molar-refractivity contribution in [2.24, 2.45) is 4.99 Å². The molecular formula is C16H12ClN3O. The molecule has 2 aliphatic rings. The molecule has 1 fully saturated rings. The maximum atomic E-state index is 12.3. The van der Waals surface area contributed by atoms with Crippen LogP contribution in [0.5, 0.6) is 0 Å². The van der Waals surface area contributed by atoms with Crippen LogP contribution in [0.1, 0.15) is 17.2 Å². The number of carbonyl (C=O) groups is 1. The van der Waals surface area contributed by atoms with E-state index in [4.69, 9.17) is 11.6 Å². The van der Waals surface area contributed by atoms with E-state index in [1.165, 1.54) is 0 Å². The molecule has 4 nitrogen and oxygen atoms in total. The highest BCUT2D eigenvalue weighted by atomic mass is 35.5. The van der Waals surface area contributed by atoms with Gasteiger partial charge in [-0.15, -0.1) is 0 Å². The molecule has 0 unspecified atom stereocenters. The summed E-state index contributed by atoms with van der Waals surface area (Å²) in [6, 6.07) is 15.0. The zero-order chi connectivity index (χ0) is 14.4. The molecule has 0 bridgehead atoms. The zero-order valence-corrected chi connectivity index (χ0v) is 11.8. The van der Waals surface area contributed by atoms with Crippen LogP contribution in [0.2, 0.25) is 5.02 Å². The molecule has 21 heavy (non-hydrogen) atoms. The van der Waals surface area contributed by atoms with Gasteiger partial charge < -0.3 is 4.90 Å². The Morgan fingerprint density at radius 1 is 1.14 bits per heavy atom. The summed E-state index contributed by atoms with van der Waals surface area (Å²) in [7, 11) is 0. The summed E-state index contributed by atoms with van der Waals surface area (Å²) in [5.41, 5.74) is 2.74. The molecule has 0 aromatic heterocycles. The molecule has 1 atom stereocenters. The molecule has 2 heterocycles. The predicted molar refractivity (Wildman–Crippen MR) is 81.4 cm³/mol. The Labute approximate surface area is 127 Å². The monoisotopic (exact) mass is 297 g/mol. The number of nitrogens with zero attached hydrogens (tertiary/aromatic N) is 2. The van der Waals surface area contributed by atoms with Gasteiger partial charge in [0, 0.05) is 10.6 Å². The lowest BCUT2D eigenvalue weighted by Crippen LogP contribution is -2.33. The number of fused-ring (bicyclic) bond motifs is 2. The minimum absolute atomic E-state index is 0.0520. The number of benzene rings is 2. The fraction of sp³-hybridized carbons (Fsp3) is 0.125. The van der Waals surface area contributed by atoms with Crippen molar-refractivity contribution in [1.29, 1.82) is 0 Å². The molecule has 1 N–H and O–H groups in total. The maximum absolute atomic E-state index is 12.3. The van der Waals surface area contributed by atoms with E-state index in [9.17, 15) is 4.79 Å². The van der Waals surface area contributed by atoms with Crippen LogP contribution in [-0.4, -0.2) is 16.8 Å². The van der Waals surface area contributed by atoms with Crippen molar-refractivity contribution in [3.63, 3.8) is 0 Å². The Hall–Kier alpha value is -2.33. The number of amides is 1. The minimum Gasteiger partial charge on any atom is -0.322 e. The summed E-state index contributed by atoms with van der Waals surface area (Å²) in [5, 5.41) is 3.54. The highest BCUT2D eigenvalue weighted by Gasteiger charge is 2.40. The molecule has 1 saturated heterocycles. The molecule has 0 saturated carbocycles. The van der Waals surface area contributed by atoms with Crippen LogP contribution in [0.4, 0.5) is 5.69 Å². The van der Waals surface area contributed by atoms with Gasteiger partial charge in [-0.25, -0.2) is 4.99 Å². The lowest BCUT2D eigenvalue weighted by atomic mass is 10.0. The number of halogens is 1. The van der Waals surface area contributed by atoms with Gasteiger partial charge in [-0.3, -0.25) is 10.1 Å². The van der Waals surface area contributed by atoms with Crippen molar-refractivity contribution in [3.05, 3.63) is 64.7 Å². The Kier molecular flexibility index (Phi) is 2.72. The standard InChI is InChI=1S/C16H12ClN3O/c17-12-7-4-8-13-11(12)9-20-14(10-5-2-1-3-6-10)15(21)19-16(20)18-13/h1-8,14H,9H2,(H,18,19,21)/t14-/m1/s1. The molecule has 0 spiro atoms. The van der Waals surface area contributed by atoms with Crippen LogP contribution in [0.3, 0.4) is 0 Å². The first-order chi connectivity index (χ1) is 10.2. The van der Waals surface area contributed by atoms with Crippen LogP contribution in [-0.2, 0) is 11.3 Å². The van der Waals surface area contributed by atoms with Gasteiger partial charge in [-0.2, -0.15) is 0 Å². The van der Waals surface area contributed by atoms with Crippen molar-refractivity contribution in [2.75, 3.05) is 0 Å². The first-order valence-electron chi connectivity index (χ1n) is 6.72. The van der Waals surface area contributed by atoms with Gasteiger partial charge in [0.2, 0.25) is 5.96 Å². The van der Waals surface area contributed by atoms with Gasteiger partial charge in [0.05, 0.1) is 12.2 Å². The number of hydrogen-bond donors (Lipinski definition) is 1. The van der Waals surface area contributed by atoms with E-state index >= 15 is 0 Å². The summed E-state index contributed by atoms with van der Waals surface area (Å²) in [5.74, 6) is 0.549. The van der Waals surface area contributed by atoms with Crippen LogP contribution in [0.25, 0.3) is 0 Å². The van der Waals surface area contributed by atoms with E-state index in [-0.39, 0.29) is 11.9 Å². The van der Waals surface area contributed by atoms with Gasteiger partial charge in [0.1, 0.15) is 6.04 Å². The number of nitrogens with one attached hydrogen (secondary N) is 1. The van der Waals surface area contributed by atoms with Crippen LogP contribution in [0, 0.1) is 0 Å². The normalized spacial score (nSPS) is 19.7. The molecule has 4 rings (SSSR count). The number of hydrogen-bond acceptors (Lipinski definition) is 3. The number of aliphatic imine (C=N–C) groups is 1. The average Bonchev–Trinajstić information content (AvgIpc) is 2.81. The van der Waals surface area contributed by atoms with Gasteiger partial charge in [-0.05, 0) is 17.7 Å². The Morgan fingerprint density at radius 3 is 2.76 bits per heavy atom. The quantitative estimate of drug-likeness (QED) is 0.879. The Bertz CT molecular complexity index is 757. The minimum atomic E-state index is -0.352. The van der Waals surface area contributed by atoms with Crippen LogP contribution >= 0.6 is 11.6 Å². The predicted octanol–water partition coefficient (Wildman–Crippen LogP) is 3.01. The molecule has 1 amide bonds. The second kappa shape index (κ2) is 4.60. The molecule has 0 radical (unpaired) electrons. The maximum Gasteiger partial charge on any atom is 0.254 e. The summed E-state index contributed by atoms with van der Waals surface area (Å²) in [6.45, 7) is 0.576. The van der Waals surface area contributed by atoms with Crippen molar-refractivity contribution < 1.29 is 4.79 Å². The highest BCUT2D eigenvalue weighted by Crippen LogP contribution is 2.37. The first kappa shape index (κ1) is 12.4. The van der Waals surface area contributed by atoms with E-state index < -0.39 is 0 Å². The van der Waals surface area contributed by atoms with Gasteiger partial charge in [0.25, 0.3) is 5.91 Å². The van der Waals surface area contributed by atoms with E-state index in [2.05, 4.69) is 10.3 Å². The molecular weight excluding hydrogens is 286 g/mol. The second-order valence-corrected chi connectivity index (χ2v) is 5.51. The second-order valence-electron chi connectivity index (χ2n) is 5.10. The highest BCUT2D eigenvalue weighted by molar-refractivity contribution is 6.31. The lowest BCUT2D eigenvalue weighted by molar-refractivity contribution is -0.121. The number of guanidine groups is 1. The fourth-order valence-corrected chi connectivity index (χ4v) is 3.06. The average molecular weight is 298 g/mol. The van der Waals surface area contributed by atoms with Crippen LogP contribution in [0.15, 0.2) is 53.5 Å². The molecule has 2 aromatic carbocycles. The van der Waals surface area contributed by atoms with Crippen molar-refractivity contribution in [1.82, 2.24) is 10.2 Å². The van der Waals surface area contributed by atoms with Gasteiger partial charge in [-0.1, -0.05) is 48.0 Å². The third kappa shape index (κ3) is 1.91. The van der Waals surface area contributed by atoms with Crippen molar-refractivity contribution >= 4 is 29.2 Å². The third-order valence-corrected chi connectivity index (χ3v) is 4.19. The number of rotatable bonds is 1. The largest absolute Gasteiger partial charge is 0.322 e. The number of carbonyl (C=O) groups excluding carboxylic acids is 1. The Morgan fingerprint density at radius 2 is 1.95 bits per heavy atom. The summed E-state index contributed by atoms with van der Waals surface area (Å²) < 4.78 is 0. The fourth-order valence-electron chi connectivity index (χ4n) is 2.83. The molecule has 5 heteroatoms. The molecule has 2 aromatic rings. The lowest BCUT2D eigenvalue weighted by Gasteiger charge is -2.28. The molecule has 0 aliphatic carbocycles. The Balaban J connectivity index is 1.80. The summed E-state index contributed by atoms with van der Waals surface area (Å²) in [6.07, 6.45) is 0. The van der Waals surface area contributed by atoms with E-state index in [0.717, 1.165) is 16.8 Å². The summed E-state index contributed by atoms with van der Waals surface area (Å²) in [4.78, 5) is 18.8. The van der Waals surface area contributed by atoms with Gasteiger partial charge in [0.15, 0.2) is 0 Å². The smallest absolute Gasteiger partial charge is 0.254 e. The SMILES string of the molecule is O=C1NC2=Nc3cccc(Cl)c3CN2[C@@H]1c1ccccc1. The third-order valence-electron chi connectivity index (χ3n) is 3.83. The van der Waals surface area contributed by atoms with Gasteiger partial charge >= 0.3 is 0 Å². The summed E-state index contributed by atoms with van der Waals surface area (Å²) >= 11 is 6.26. The van der Waals surface area contributed by atoms with Crippen LogP contribution < -0.4 is 5.32 Å². The zero-order valence-electron chi connectivity index (χ0n) is 11.1.